The molecule has 2 atom stereocenters. The van der Waals surface area contributed by atoms with Gasteiger partial charge in [0.15, 0.2) is 0 Å². The van der Waals surface area contributed by atoms with Gasteiger partial charge in [0.25, 0.3) is 0 Å². The number of aliphatic hydroxyl groups is 1. The Morgan fingerprint density at radius 2 is 2.24 bits per heavy atom. The van der Waals surface area contributed by atoms with Gasteiger partial charge in [-0.25, -0.2) is 4.79 Å². The summed E-state index contributed by atoms with van der Waals surface area (Å²) in [7, 11) is 0. The third kappa shape index (κ3) is 1.83. The van der Waals surface area contributed by atoms with E-state index in [1.807, 2.05) is 13.0 Å². The normalized spacial score (nSPS) is 28.0. The minimum absolute atomic E-state index is 0.113. The Labute approximate surface area is 128 Å². The first-order valence-electron chi connectivity index (χ1n) is 6.86. The van der Waals surface area contributed by atoms with Gasteiger partial charge in [-0.2, -0.15) is 5.26 Å². The van der Waals surface area contributed by atoms with Gasteiger partial charge in [-0.15, -0.1) is 0 Å². The highest BCUT2D eigenvalue weighted by molar-refractivity contribution is 6.33. The number of anilines is 1. The SMILES string of the molecule is Cc1c(N2C[C@]3(C)[C@@H](O)CCN3C2=O)ccc(C#N)c1Cl. The average molecular weight is 306 g/mol. The minimum atomic E-state index is -0.552. The Morgan fingerprint density at radius 1 is 1.52 bits per heavy atom. The van der Waals surface area contributed by atoms with Crippen LogP contribution in [0.3, 0.4) is 0 Å². The molecule has 2 saturated heterocycles. The zero-order valence-electron chi connectivity index (χ0n) is 11.9. The summed E-state index contributed by atoms with van der Waals surface area (Å²) < 4.78 is 0. The molecule has 5 nitrogen and oxygen atoms in total. The molecule has 0 saturated carbocycles. The van der Waals surface area contributed by atoms with E-state index in [0.29, 0.717) is 41.3 Å². The number of hydrogen-bond acceptors (Lipinski definition) is 3. The van der Waals surface area contributed by atoms with Crippen molar-refractivity contribution in [3.63, 3.8) is 0 Å². The number of fused-ring (bicyclic) bond motifs is 1. The zero-order valence-corrected chi connectivity index (χ0v) is 12.7. The number of carbonyl (C=O) groups excluding carboxylic acids is 1. The number of aliphatic hydroxyl groups excluding tert-OH is 1. The topological polar surface area (TPSA) is 67.6 Å². The molecule has 3 rings (SSSR count). The van der Waals surface area contributed by atoms with Gasteiger partial charge in [0, 0.05) is 12.2 Å². The molecule has 0 radical (unpaired) electrons. The second-order valence-electron chi connectivity index (χ2n) is 5.87. The maximum atomic E-state index is 12.6. The average Bonchev–Trinajstić information content (AvgIpc) is 2.88. The molecule has 0 unspecified atom stereocenters. The standard InChI is InChI=1S/C15H16ClN3O2/c1-9-11(4-3-10(7-17)13(9)16)18-8-15(2)12(20)5-6-19(15)14(18)21/h3-4,12,20H,5-6,8H2,1-2H3/t12-,15+/m0/s1. The predicted molar refractivity (Wildman–Crippen MR) is 79.4 cm³/mol. The van der Waals surface area contributed by atoms with Crippen LogP contribution in [0.4, 0.5) is 10.5 Å². The first kappa shape index (κ1) is 14.2. The van der Waals surface area contributed by atoms with E-state index in [-0.39, 0.29) is 6.03 Å². The van der Waals surface area contributed by atoms with Crippen molar-refractivity contribution in [3.05, 3.63) is 28.3 Å². The fourth-order valence-electron chi connectivity index (χ4n) is 3.28. The highest BCUT2D eigenvalue weighted by atomic mass is 35.5. The summed E-state index contributed by atoms with van der Waals surface area (Å²) in [4.78, 5) is 16.0. The van der Waals surface area contributed by atoms with E-state index in [2.05, 4.69) is 0 Å². The monoisotopic (exact) mass is 305 g/mol. The third-order valence-electron chi connectivity index (χ3n) is 4.67. The number of urea groups is 1. The summed E-state index contributed by atoms with van der Waals surface area (Å²) in [6, 6.07) is 5.29. The number of amides is 2. The number of halogens is 1. The van der Waals surface area contributed by atoms with Gasteiger partial charge in [0.1, 0.15) is 6.07 Å². The molecule has 110 valence electrons. The quantitative estimate of drug-likeness (QED) is 0.865. The van der Waals surface area contributed by atoms with Crippen LogP contribution in [0.5, 0.6) is 0 Å². The first-order valence-corrected chi connectivity index (χ1v) is 7.24. The summed E-state index contributed by atoms with van der Waals surface area (Å²) >= 11 is 6.19. The molecule has 1 aromatic carbocycles. The van der Waals surface area contributed by atoms with E-state index >= 15 is 0 Å². The summed E-state index contributed by atoms with van der Waals surface area (Å²) in [5.74, 6) is 0. The highest BCUT2D eigenvalue weighted by Gasteiger charge is 2.54. The maximum Gasteiger partial charge on any atom is 0.325 e. The van der Waals surface area contributed by atoms with Crippen molar-refractivity contribution in [3.8, 4) is 6.07 Å². The molecule has 2 fully saturated rings. The van der Waals surface area contributed by atoms with E-state index in [9.17, 15) is 9.90 Å². The molecule has 1 N–H and O–H groups in total. The first-order chi connectivity index (χ1) is 9.90. The molecule has 0 aliphatic carbocycles. The molecule has 0 bridgehead atoms. The molecule has 1 aromatic rings. The maximum absolute atomic E-state index is 12.6. The summed E-state index contributed by atoms with van der Waals surface area (Å²) in [5, 5.41) is 19.5. The summed E-state index contributed by atoms with van der Waals surface area (Å²) in [6.45, 7) is 4.70. The molecule has 21 heavy (non-hydrogen) atoms. The lowest BCUT2D eigenvalue weighted by atomic mass is 9.96. The van der Waals surface area contributed by atoms with Gasteiger partial charge < -0.3 is 10.0 Å². The van der Waals surface area contributed by atoms with Crippen molar-refractivity contribution >= 4 is 23.3 Å². The van der Waals surface area contributed by atoms with Gasteiger partial charge in [-0.3, -0.25) is 4.90 Å². The van der Waals surface area contributed by atoms with Crippen molar-refractivity contribution in [2.75, 3.05) is 18.0 Å². The van der Waals surface area contributed by atoms with Gasteiger partial charge in [-0.1, -0.05) is 11.6 Å². The molecular formula is C15H16ClN3O2. The second kappa shape index (κ2) is 4.62. The number of nitrogens with zero attached hydrogens (tertiary/aromatic N) is 3. The zero-order chi connectivity index (χ0) is 15.4. The Kier molecular flexibility index (Phi) is 3.12. The van der Waals surface area contributed by atoms with Crippen LogP contribution in [0.1, 0.15) is 24.5 Å². The third-order valence-corrected chi connectivity index (χ3v) is 5.16. The van der Waals surface area contributed by atoms with Crippen LogP contribution in [0.2, 0.25) is 5.02 Å². The molecule has 6 heteroatoms. The number of benzene rings is 1. The van der Waals surface area contributed by atoms with Crippen LogP contribution in [0.25, 0.3) is 0 Å². The molecule has 0 aromatic heterocycles. The lowest BCUT2D eigenvalue weighted by Crippen LogP contribution is -2.46. The minimum Gasteiger partial charge on any atom is -0.391 e. The Hall–Kier alpha value is -1.77. The fraction of sp³-hybridized carbons (Fsp3) is 0.467. The van der Waals surface area contributed by atoms with Crippen molar-refractivity contribution < 1.29 is 9.90 Å². The largest absolute Gasteiger partial charge is 0.391 e. The predicted octanol–water partition coefficient (Wildman–Crippen LogP) is 2.29. The summed E-state index contributed by atoms with van der Waals surface area (Å²) in [6.07, 6.45) is 0.101. The molecule has 2 aliphatic rings. The Balaban J connectivity index is 2.02. The lowest BCUT2D eigenvalue weighted by molar-refractivity contribution is 0.0829. The van der Waals surface area contributed by atoms with Crippen molar-refractivity contribution in [1.29, 1.82) is 5.26 Å². The van der Waals surface area contributed by atoms with Gasteiger partial charge in [0.05, 0.1) is 28.8 Å². The molecule has 0 spiro atoms. The van der Waals surface area contributed by atoms with E-state index in [0.717, 1.165) is 0 Å². The van der Waals surface area contributed by atoms with Crippen LogP contribution in [-0.4, -0.2) is 40.8 Å². The van der Waals surface area contributed by atoms with Crippen LogP contribution in [-0.2, 0) is 0 Å². The molecular weight excluding hydrogens is 290 g/mol. The lowest BCUT2D eigenvalue weighted by Gasteiger charge is -2.28. The number of nitriles is 1. The molecule has 2 aliphatic heterocycles. The van der Waals surface area contributed by atoms with E-state index < -0.39 is 11.6 Å². The van der Waals surface area contributed by atoms with Crippen molar-refractivity contribution in [1.82, 2.24) is 4.90 Å². The Morgan fingerprint density at radius 3 is 2.86 bits per heavy atom. The van der Waals surface area contributed by atoms with E-state index in [1.165, 1.54) is 0 Å². The summed E-state index contributed by atoms with van der Waals surface area (Å²) in [5.41, 5.74) is 1.26. The molecule has 2 amide bonds. The van der Waals surface area contributed by atoms with Crippen LogP contribution in [0.15, 0.2) is 12.1 Å². The second-order valence-corrected chi connectivity index (χ2v) is 6.24. The van der Waals surface area contributed by atoms with Crippen molar-refractivity contribution in [2.45, 2.75) is 31.9 Å². The fourth-order valence-corrected chi connectivity index (χ4v) is 3.48. The highest BCUT2D eigenvalue weighted by Crippen LogP contribution is 2.40. The van der Waals surface area contributed by atoms with Crippen LogP contribution >= 0.6 is 11.6 Å². The van der Waals surface area contributed by atoms with Crippen molar-refractivity contribution in [2.24, 2.45) is 0 Å². The number of rotatable bonds is 1. The van der Waals surface area contributed by atoms with Gasteiger partial charge >= 0.3 is 6.03 Å². The smallest absolute Gasteiger partial charge is 0.325 e. The van der Waals surface area contributed by atoms with Crippen LogP contribution < -0.4 is 4.90 Å². The molecule has 2 heterocycles. The van der Waals surface area contributed by atoms with E-state index in [1.54, 1.807) is 28.9 Å². The van der Waals surface area contributed by atoms with Gasteiger partial charge in [0.2, 0.25) is 0 Å². The number of hydrogen-bond donors (Lipinski definition) is 1. The Bertz CT molecular complexity index is 670. The number of carbonyl (C=O) groups is 1. The van der Waals surface area contributed by atoms with E-state index in [4.69, 9.17) is 16.9 Å². The van der Waals surface area contributed by atoms with Crippen LogP contribution in [0, 0.1) is 18.3 Å². The van der Waals surface area contributed by atoms with Gasteiger partial charge in [-0.05, 0) is 38.0 Å².